The summed E-state index contributed by atoms with van der Waals surface area (Å²) in [5.74, 6) is 0.954. The predicted octanol–water partition coefficient (Wildman–Crippen LogP) is 3.38. The number of hydrogen-bond acceptors (Lipinski definition) is 1. The van der Waals surface area contributed by atoms with Gasteiger partial charge in [0.15, 0.2) is 0 Å². The Bertz CT molecular complexity index is 117. The van der Waals surface area contributed by atoms with Gasteiger partial charge in [-0.15, -0.1) is 0 Å². The largest absolute Gasteiger partial charge is 0.375 e. The molecule has 0 aromatic heterocycles. The fourth-order valence-corrected chi connectivity index (χ4v) is 2.07. The number of ether oxygens (including phenoxy) is 1. The van der Waals surface area contributed by atoms with Crippen LogP contribution in [0.4, 0.5) is 0 Å². The molecule has 0 bridgehead atoms. The lowest BCUT2D eigenvalue weighted by Gasteiger charge is -2.46. The minimum absolute atomic E-state index is 0.381. The summed E-state index contributed by atoms with van der Waals surface area (Å²) in [5.41, 5.74) is 0.381. The van der Waals surface area contributed by atoms with E-state index in [0.29, 0.717) is 5.60 Å². The van der Waals surface area contributed by atoms with Crippen LogP contribution >= 0.6 is 0 Å². The van der Waals surface area contributed by atoms with Gasteiger partial charge in [-0.25, -0.2) is 0 Å². The van der Waals surface area contributed by atoms with Gasteiger partial charge in [-0.05, 0) is 38.0 Å². The van der Waals surface area contributed by atoms with E-state index in [4.69, 9.17) is 4.74 Å². The first-order chi connectivity index (χ1) is 5.81. The second-order valence-corrected chi connectivity index (χ2v) is 3.96. The molecule has 0 radical (unpaired) electrons. The van der Waals surface area contributed by atoms with Gasteiger partial charge in [0, 0.05) is 0 Å². The second-order valence-electron chi connectivity index (χ2n) is 3.96. The van der Waals surface area contributed by atoms with Crippen LogP contribution in [0.25, 0.3) is 0 Å². The van der Waals surface area contributed by atoms with Crippen molar-refractivity contribution < 1.29 is 4.74 Å². The highest BCUT2D eigenvalue weighted by atomic mass is 16.5. The van der Waals surface area contributed by atoms with Crippen molar-refractivity contribution in [1.82, 2.24) is 0 Å². The topological polar surface area (TPSA) is 9.23 Å². The summed E-state index contributed by atoms with van der Waals surface area (Å²) in [5, 5.41) is 0. The summed E-state index contributed by atoms with van der Waals surface area (Å²) < 4.78 is 5.61. The predicted molar refractivity (Wildman–Crippen MR) is 52.3 cm³/mol. The van der Waals surface area contributed by atoms with Gasteiger partial charge in [0.2, 0.25) is 0 Å². The maximum atomic E-state index is 5.61. The van der Waals surface area contributed by atoms with E-state index in [1.54, 1.807) is 0 Å². The molecule has 0 N–H and O–H groups in total. The first-order valence-corrected chi connectivity index (χ1v) is 5.45. The van der Waals surface area contributed by atoms with E-state index >= 15 is 0 Å². The van der Waals surface area contributed by atoms with Crippen LogP contribution in [0.2, 0.25) is 0 Å². The highest BCUT2D eigenvalue weighted by Crippen LogP contribution is 2.42. The molecule has 2 fully saturated rings. The monoisotopic (exact) mass is 170 g/mol. The zero-order valence-electron chi connectivity index (χ0n) is 8.73. The van der Waals surface area contributed by atoms with E-state index in [2.05, 4.69) is 6.92 Å². The average Bonchev–Trinajstić information content (AvgIpc) is 2.07. The van der Waals surface area contributed by atoms with E-state index in [9.17, 15) is 0 Å². The van der Waals surface area contributed by atoms with Crippen molar-refractivity contribution in [2.45, 2.75) is 58.5 Å². The SMILES string of the molecule is CC.CC1CCC2(CCO2)CC1. The van der Waals surface area contributed by atoms with Crippen molar-refractivity contribution in [1.29, 1.82) is 0 Å². The van der Waals surface area contributed by atoms with Gasteiger partial charge in [-0.1, -0.05) is 20.8 Å². The number of hydrogen-bond donors (Lipinski definition) is 0. The summed E-state index contributed by atoms with van der Waals surface area (Å²) >= 11 is 0. The van der Waals surface area contributed by atoms with Crippen LogP contribution in [0.3, 0.4) is 0 Å². The molecule has 1 heterocycles. The molecular formula is C11H22O. The molecular weight excluding hydrogens is 148 g/mol. The summed E-state index contributed by atoms with van der Waals surface area (Å²) in [6.07, 6.45) is 6.77. The molecule has 2 aliphatic rings. The van der Waals surface area contributed by atoms with Gasteiger partial charge in [0.1, 0.15) is 0 Å². The van der Waals surface area contributed by atoms with Gasteiger partial charge >= 0.3 is 0 Å². The first kappa shape index (κ1) is 10.0. The van der Waals surface area contributed by atoms with Crippen molar-refractivity contribution in [2.24, 2.45) is 5.92 Å². The number of rotatable bonds is 0. The van der Waals surface area contributed by atoms with E-state index < -0.39 is 0 Å². The maximum absolute atomic E-state index is 5.61. The van der Waals surface area contributed by atoms with Gasteiger partial charge in [-0.2, -0.15) is 0 Å². The summed E-state index contributed by atoms with van der Waals surface area (Å²) in [6.45, 7) is 7.37. The van der Waals surface area contributed by atoms with E-state index in [1.807, 2.05) is 13.8 Å². The highest BCUT2D eigenvalue weighted by Gasteiger charge is 2.40. The summed E-state index contributed by atoms with van der Waals surface area (Å²) in [6, 6.07) is 0. The second kappa shape index (κ2) is 4.27. The summed E-state index contributed by atoms with van der Waals surface area (Å²) in [7, 11) is 0. The van der Waals surface area contributed by atoms with Crippen LogP contribution in [0.1, 0.15) is 52.9 Å². The van der Waals surface area contributed by atoms with Crippen LogP contribution in [0.15, 0.2) is 0 Å². The Morgan fingerprint density at radius 1 is 1.08 bits per heavy atom. The van der Waals surface area contributed by atoms with Crippen molar-refractivity contribution in [3.63, 3.8) is 0 Å². The molecule has 0 aromatic rings. The van der Waals surface area contributed by atoms with Crippen molar-refractivity contribution in [2.75, 3.05) is 6.61 Å². The molecule has 2 rings (SSSR count). The molecule has 1 nitrogen and oxygen atoms in total. The molecule has 0 unspecified atom stereocenters. The molecule has 1 aliphatic carbocycles. The van der Waals surface area contributed by atoms with Crippen molar-refractivity contribution in [3.8, 4) is 0 Å². The van der Waals surface area contributed by atoms with Crippen LogP contribution in [0.5, 0.6) is 0 Å². The quantitative estimate of drug-likeness (QED) is 0.541. The van der Waals surface area contributed by atoms with Gasteiger partial charge in [-0.3, -0.25) is 0 Å². The molecule has 1 spiro atoms. The lowest BCUT2D eigenvalue weighted by atomic mass is 9.75. The molecule has 0 amide bonds. The lowest BCUT2D eigenvalue weighted by molar-refractivity contribution is -0.169. The van der Waals surface area contributed by atoms with Gasteiger partial charge in [0.25, 0.3) is 0 Å². The Labute approximate surface area is 76.5 Å². The maximum Gasteiger partial charge on any atom is 0.0704 e. The highest BCUT2D eigenvalue weighted by molar-refractivity contribution is 4.91. The fraction of sp³-hybridized carbons (Fsp3) is 1.00. The van der Waals surface area contributed by atoms with Gasteiger partial charge in [0.05, 0.1) is 12.2 Å². The molecule has 72 valence electrons. The molecule has 0 atom stereocenters. The molecule has 1 heteroatoms. The Morgan fingerprint density at radius 3 is 1.92 bits per heavy atom. The molecule has 1 saturated heterocycles. The third-order valence-corrected chi connectivity index (χ3v) is 3.15. The smallest absolute Gasteiger partial charge is 0.0704 e. The molecule has 12 heavy (non-hydrogen) atoms. The Hall–Kier alpha value is -0.0400. The van der Waals surface area contributed by atoms with Gasteiger partial charge < -0.3 is 4.74 Å². The zero-order chi connectivity index (χ0) is 9.03. The Morgan fingerprint density at radius 2 is 1.58 bits per heavy atom. The minimum Gasteiger partial charge on any atom is -0.375 e. The Kier molecular flexibility index (Phi) is 3.57. The Balaban J connectivity index is 0.000000336. The molecule has 0 aromatic carbocycles. The van der Waals surface area contributed by atoms with Crippen molar-refractivity contribution >= 4 is 0 Å². The average molecular weight is 170 g/mol. The lowest BCUT2D eigenvalue weighted by Crippen LogP contribution is -2.46. The third-order valence-electron chi connectivity index (χ3n) is 3.15. The first-order valence-electron chi connectivity index (χ1n) is 5.45. The van der Waals surface area contributed by atoms with E-state index in [0.717, 1.165) is 12.5 Å². The summed E-state index contributed by atoms with van der Waals surface area (Å²) in [4.78, 5) is 0. The third kappa shape index (κ3) is 2.01. The van der Waals surface area contributed by atoms with Crippen molar-refractivity contribution in [3.05, 3.63) is 0 Å². The normalized spacial score (nSPS) is 39.8. The molecule has 1 aliphatic heterocycles. The van der Waals surface area contributed by atoms with Crippen LogP contribution in [-0.2, 0) is 4.74 Å². The standard InChI is InChI=1S/C9H16O.C2H6/c1-8-2-4-9(5-3-8)6-7-10-9;1-2/h8H,2-7H2,1H3;1-2H3. The van der Waals surface area contributed by atoms with Crippen LogP contribution in [-0.4, -0.2) is 12.2 Å². The minimum atomic E-state index is 0.381. The molecule has 1 saturated carbocycles. The van der Waals surface area contributed by atoms with Crippen LogP contribution < -0.4 is 0 Å². The van der Waals surface area contributed by atoms with E-state index in [1.165, 1.54) is 32.1 Å². The zero-order valence-corrected chi connectivity index (χ0v) is 8.73. The fourth-order valence-electron chi connectivity index (χ4n) is 2.07. The van der Waals surface area contributed by atoms with E-state index in [-0.39, 0.29) is 0 Å². The van der Waals surface area contributed by atoms with Crippen LogP contribution in [0, 0.1) is 5.92 Å².